The van der Waals surface area contributed by atoms with Gasteiger partial charge in [0.2, 0.25) is 0 Å². The van der Waals surface area contributed by atoms with Crippen LogP contribution >= 0.6 is 0 Å². The summed E-state index contributed by atoms with van der Waals surface area (Å²) in [6.45, 7) is 1.37. The monoisotopic (exact) mass is 285 g/mol. The van der Waals surface area contributed by atoms with E-state index in [9.17, 15) is 18.9 Å². The molecule has 0 amide bonds. The highest BCUT2D eigenvalue weighted by molar-refractivity contribution is 5.53. The van der Waals surface area contributed by atoms with Gasteiger partial charge < -0.3 is 10.2 Å². The molecular formula is C13H17F2N3O2. The number of nitrogens with zero attached hydrogens (tertiary/aromatic N) is 2. The van der Waals surface area contributed by atoms with Gasteiger partial charge in [0.05, 0.1) is 17.1 Å². The molecule has 1 aliphatic rings. The molecule has 0 bridgehead atoms. The summed E-state index contributed by atoms with van der Waals surface area (Å²) in [6.07, 6.45) is 3.16. The standard InChI is InChI=1S/C13H17F2N3O2/c1-17(8-9-4-2-3-5-16-9)13-11(14)6-10(18(19)20)7-12(13)15/h6-7,9,16H,2-5,8H2,1H3. The summed E-state index contributed by atoms with van der Waals surface area (Å²) in [4.78, 5) is 11.2. The normalized spacial score (nSPS) is 18.9. The van der Waals surface area contributed by atoms with Gasteiger partial charge in [-0.2, -0.15) is 0 Å². The number of rotatable bonds is 4. The quantitative estimate of drug-likeness (QED) is 0.682. The zero-order valence-electron chi connectivity index (χ0n) is 11.2. The van der Waals surface area contributed by atoms with Crippen LogP contribution in [0.15, 0.2) is 12.1 Å². The molecule has 0 radical (unpaired) electrons. The third-order valence-corrected chi connectivity index (χ3v) is 3.50. The molecule has 0 aromatic heterocycles. The molecule has 110 valence electrons. The molecule has 1 unspecified atom stereocenters. The van der Waals surface area contributed by atoms with E-state index >= 15 is 0 Å². The van der Waals surface area contributed by atoms with E-state index in [4.69, 9.17) is 0 Å². The average Bonchev–Trinajstić information content (AvgIpc) is 2.38. The van der Waals surface area contributed by atoms with E-state index < -0.39 is 22.2 Å². The summed E-state index contributed by atoms with van der Waals surface area (Å²) in [6, 6.07) is 1.69. The van der Waals surface area contributed by atoms with Crippen molar-refractivity contribution in [3.63, 3.8) is 0 Å². The lowest BCUT2D eigenvalue weighted by Crippen LogP contribution is -2.42. The van der Waals surface area contributed by atoms with Gasteiger partial charge in [-0.25, -0.2) is 8.78 Å². The van der Waals surface area contributed by atoms with Crippen LogP contribution in [0.5, 0.6) is 0 Å². The van der Waals surface area contributed by atoms with Crippen LogP contribution in [0.25, 0.3) is 0 Å². The molecule has 0 saturated carbocycles. The van der Waals surface area contributed by atoms with Crippen LogP contribution in [0.1, 0.15) is 19.3 Å². The minimum absolute atomic E-state index is 0.183. The van der Waals surface area contributed by atoms with Crippen molar-refractivity contribution in [3.05, 3.63) is 33.9 Å². The number of halogens is 2. The number of likely N-dealkylation sites (N-methyl/N-ethyl adjacent to an activating group) is 1. The lowest BCUT2D eigenvalue weighted by Gasteiger charge is -2.29. The van der Waals surface area contributed by atoms with Crippen LogP contribution in [-0.4, -0.2) is 31.1 Å². The highest BCUT2D eigenvalue weighted by Crippen LogP contribution is 2.27. The van der Waals surface area contributed by atoms with E-state index in [1.165, 1.54) is 4.90 Å². The van der Waals surface area contributed by atoms with E-state index in [0.717, 1.165) is 37.9 Å². The zero-order valence-corrected chi connectivity index (χ0v) is 11.2. The summed E-state index contributed by atoms with van der Waals surface area (Å²) in [5.41, 5.74) is -0.795. The van der Waals surface area contributed by atoms with Crippen molar-refractivity contribution in [2.75, 3.05) is 25.0 Å². The second kappa shape index (κ2) is 6.13. The van der Waals surface area contributed by atoms with Crippen molar-refractivity contribution in [1.29, 1.82) is 0 Å². The smallest absolute Gasteiger partial charge is 0.275 e. The molecule has 1 fully saturated rings. The van der Waals surface area contributed by atoms with Crippen LogP contribution in [-0.2, 0) is 0 Å². The molecule has 20 heavy (non-hydrogen) atoms. The van der Waals surface area contributed by atoms with Gasteiger partial charge in [-0.05, 0) is 19.4 Å². The van der Waals surface area contributed by atoms with Crippen molar-refractivity contribution in [1.82, 2.24) is 5.32 Å². The second-order valence-corrected chi connectivity index (χ2v) is 5.04. The molecule has 1 aromatic rings. The van der Waals surface area contributed by atoms with Crippen molar-refractivity contribution in [3.8, 4) is 0 Å². The van der Waals surface area contributed by atoms with Gasteiger partial charge in [0.25, 0.3) is 5.69 Å². The number of hydrogen-bond donors (Lipinski definition) is 1. The summed E-state index contributed by atoms with van der Waals surface area (Å²) < 4.78 is 27.7. The van der Waals surface area contributed by atoms with Crippen LogP contribution in [0.3, 0.4) is 0 Å². The Morgan fingerprint density at radius 3 is 2.55 bits per heavy atom. The first kappa shape index (κ1) is 14.6. The molecule has 1 N–H and O–H groups in total. The van der Waals surface area contributed by atoms with Gasteiger partial charge in [-0.15, -0.1) is 0 Å². The predicted octanol–water partition coefficient (Wildman–Crippen LogP) is 2.45. The molecule has 0 aliphatic carbocycles. The Labute approximate surface area is 115 Å². The van der Waals surface area contributed by atoms with Crippen molar-refractivity contribution in [2.45, 2.75) is 25.3 Å². The number of piperidine rings is 1. The fraction of sp³-hybridized carbons (Fsp3) is 0.538. The Morgan fingerprint density at radius 1 is 1.40 bits per heavy atom. The maximum absolute atomic E-state index is 13.9. The van der Waals surface area contributed by atoms with E-state index in [2.05, 4.69) is 5.32 Å². The van der Waals surface area contributed by atoms with Gasteiger partial charge in [-0.1, -0.05) is 6.42 Å². The molecule has 1 saturated heterocycles. The Bertz CT molecular complexity index is 481. The molecule has 1 heterocycles. The Kier molecular flexibility index (Phi) is 4.49. The molecule has 1 aliphatic heterocycles. The van der Waals surface area contributed by atoms with Gasteiger partial charge >= 0.3 is 0 Å². The average molecular weight is 285 g/mol. The Balaban J connectivity index is 2.16. The first-order valence-corrected chi connectivity index (χ1v) is 6.57. The van der Waals surface area contributed by atoms with E-state index in [0.29, 0.717) is 6.54 Å². The highest BCUT2D eigenvalue weighted by Gasteiger charge is 2.22. The van der Waals surface area contributed by atoms with Gasteiger partial charge in [0.15, 0.2) is 11.6 Å². The van der Waals surface area contributed by atoms with Crippen molar-refractivity contribution in [2.24, 2.45) is 0 Å². The third kappa shape index (κ3) is 3.22. The number of nitrogens with one attached hydrogen (secondary N) is 1. The maximum atomic E-state index is 13.9. The van der Waals surface area contributed by atoms with Gasteiger partial charge in [0.1, 0.15) is 5.69 Å². The molecule has 1 atom stereocenters. The SMILES string of the molecule is CN(CC1CCCCN1)c1c(F)cc([N+](=O)[O-])cc1F. The predicted molar refractivity (Wildman–Crippen MR) is 71.9 cm³/mol. The highest BCUT2D eigenvalue weighted by atomic mass is 19.1. The lowest BCUT2D eigenvalue weighted by molar-refractivity contribution is -0.385. The first-order valence-electron chi connectivity index (χ1n) is 6.57. The largest absolute Gasteiger partial charge is 0.368 e. The van der Waals surface area contributed by atoms with E-state index in [-0.39, 0.29) is 11.7 Å². The molecule has 1 aromatic carbocycles. The van der Waals surface area contributed by atoms with Crippen LogP contribution in [0.2, 0.25) is 0 Å². The summed E-state index contributed by atoms with van der Waals surface area (Å²) >= 11 is 0. The Hall–Kier alpha value is -1.76. The summed E-state index contributed by atoms with van der Waals surface area (Å²) in [5, 5.41) is 13.8. The van der Waals surface area contributed by atoms with Gasteiger partial charge in [0, 0.05) is 19.6 Å². The summed E-state index contributed by atoms with van der Waals surface area (Å²) in [5.74, 6) is -1.81. The zero-order chi connectivity index (χ0) is 14.7. The topological polar surface area (TPSA) is 58.4 Å². The first-order chi connectivity index (χ1) is 9.49. The number of non-ortho nitro benzene ring substituents is 1. The third-order valence-electron chi connectivity index (χ3n) is 3.50. The molecule has 7 heteroatoms. The van der Waals surface area contributed by atoms with Gasteiger partial charge in [-0.3, -0.25) is 10.1 Å². The Morgan fingerprint density at radius 2 is 2.05 bits per heavy atom. The summed E-state index contributed by atoms with van der Waals surface area (Å²) in [7, 11) is 1.59. The fourth-order valence-electron chi connectivity index (χ4n) is 2.52. The molecular weight excluding hydrogens is 268 g/mol. The number of benzene rings is 1. The number of hydrogen-bond acceptors (Lipinski definition) is 4. The number of anilines is 1. The van der Waals surface area contributed by atoms with Crippen molar-refractivity contribution >= 4 is 11.4 Å². The second-order valence-electron chi connectivity index (χ2n) is 5.04. The molecule has 2 rings (SSSR count). The minimum atomic E-state index is -0.907. The molecule has 5 nitrogen and oxygen atoms in total. The maximum Gasteiger partial charge on any atom is 0.275 e. The minimum Gasteiger partial charge on any atom is -0.368 e. The molecule has 0 spiro atoms. The number of nitro groups is 1. The fourth-order valence-corrected chi connectivity index (χ4v) is 2.52. The van der Waals surface area contributed by atoms with Crippen LogP contribution < -0.4 is 10.2 Å². The van der Waals surface area contributed by atoms with Crippen LogP contribution in [0.4, 0.5) is 20.2 Å². The van der Waals surface area contributed by atoms with E-state index in [1.54, 1.807) is 7.05 Å². The van der Waals surface area contributed by atoms with E-state index in [1.807, 2.05) is 0 Å². The van der Waals surface area contributed by atoms with Crippen molar-refractivity contribution < 1.29 is 13.7 Å². The number of nitro benzene ring substituents is 1. The lowest BCUT2D eigenvalue weighted by atomic mass is 10.0. The van der Waals surface area contributed by atoms with Crippen LogP contribution in [0, 0.1) is 21.7 Å².